The molecule has 1 aromatic rings. The first-order valence-electron chi connectivity index (χ1n) is 4.37. The standard InChI is InChI=1S/C10H12N2O3/c1-15-10(14)4-7-2-3-9(12-5-7)8(11)6-13/h2-3,5,11,13H,4,6H2,1H3. The molecule has 15 heavy (non-hydrogen) atoms. The van der Waals surface area contributed by atoms with Gasteiger partial charge in [-0.2, -0.15) is 0 Å². The average Bonchev–Trinajstić information content (AvgIpc) is 2.29. The monoisotopic (exact) mass is 208 g/mol. The Labute approximate surface area is 87.2 Å². The summed E-state index contributed by atoms with van der Waals surface area (Å²) in [7, 11) is 1.32. The Bertz CT molecular complexity index is 359. The van der Waals surface area contributed by atoms with Gasteiger partial charge in [-0.3, -0.25) is 9.78 Å². The number of aliphatic hydroxyl groups excluding tert-OH is 1. The number of carbonyl (C=O) groups excluding carboxylic acids is 1. The molecule has 0 radical (unpaired) electrons. The van der Waals surface area contributed by atoms with Crippen LogP contribution in [0.4, 0.5) is 0 Å². The van der Waals surface area contributed by atoms with E-state index < -0.39 is 0 Å². The molecule has 0 aliphatic carbocycles. The quantitative estimate of drug-likeness (QED) is 0.545. The third kappa shape index (κ3) is 3.14. The molecule has 1 rings (SSSR count). The predicted molar refractivity (Wildman–Crippen MR) is 53.9 cm³/mol. The molecule has 0 amide bonds. The van der Waals surface area contributed by atoms with Crippen LogP contribution in [0.3, 0.4) is 0 Å². The Morgan fingerprint density at radius 2 is 2.33 bits per heavy atom. The van der Waals surface area contributed by atoms with Gasteiger partial charge in [-0.1, -0.05) is 6.07 Å². The SMILES string of the molecule is COC(=O)Cc1ccc(C(=N)CO)nc1. The summed E-state index contributed by atoms with van der Waals surface area (Å²) in [5.41, 5.74) is 1.18. The number of hydrogen-bond donors (Lipinski definition) is 2. The lowest BCUT2D eigenvalue weighted by atomic mass is 10.1. The largest absolute Gasteiger partial charge is 0.469 e. The number of pyridine rings is 1. The number of hydrogen-bond acceptors (Lipinski definition) is 5. The summed E-state index contributed by atoms with van der Waals surface area (Å²) >= 11 is 0. The van der Waals surface area contributed by atoms with Crippen LogP contribution in [0.2, 0.25) is 0 Å². The Balaban J connectivity index is 2.72. The molecule has 0 atom stereocenters. The maximum Gasteiger partial charge on any atom is 0.310 e. The van der Waals surface area contributed by atoms with Crippen LogP contribution in [0.1, 0.15) is 11.3 Å². The van der Waals surface area contributed by atoms with E-state index in [4.69, 9.17) is 10.5 Å². The van der Waals surface area contributed by atoms with E-state index in [1.54, 1.807) is 12.1 Å². The maximum absolute atomic E-state index is 10.9. The number of aromatic nitrogens is 1. The van der Waals surface area contributed by atoms with Crippen molar-refractivity contribution in [2.75, 3.05) is 13.7 Å². The van der Waals surface area contributed by atoms with Gasteiger partial charge in [0.1, 0.15) is 0 Å². The highest BCUT2D eigenvalue weighted by atomic mass is 16.5. The molecule has 0 saturated heterocycles. The second kappa shape index (κ2) is 5.21. The van der Waals surface area contributed by atoms with Crippen molar-refractivity contribution >= 4 is 11.7 Å². The second-order valence-corrected chi connectivity index (χ2v) is 2.94. The highest BCUT2D eigenvalue weighted by Gasteiger charge is 2.05. The van der Waals surface area contributed by atoms with Crippen molar-refractivity contribution in [2.45, 2.75) is 6.42 Å². The summed E-state index contributed by atoms with van der Waals surface area (Å²) in [6.07, 6.45) is 1.66. The maximum atomic E-state index is 10.9. The third-order valence-corrected chi connectivity index (χ3v) is 1.87. The second-order valence-electron chi connectivity index (χ2n) is 2.94. The highest BCUT2D eigenvalue weighted by molar-refractivity contribution is 5.97. The molecule has 0 aliphatic heterocycles. The van der Waals surface area contributed by atoms with E-state index in [0.29, 0.717) is 5.69 Å². The Morgan fingerprint density at radius 1 is 1.60 bits per heavy atom. The number of esters is 1. The van der Waals surface area contributed by atoms with Crippen molar-refractivity contribution in [1.82, 2.24) is 4.98 Å². The molecule has 0 aromatic carbocycles. The number of ether oxygens (including phenoxy) is 1. The third-order valence-electron chi connectivity index (χ3n) is 1.87. The van der Waals surface area contributed by atoms with Crippen molar-refractivity contribution in [3.63, 3.8) is 0 Å². The van der Waals surface area contributed by atoms with Gasteiger partial charge < -0.3 is 15.3 Å². The molecule has 5 nitrogen and oxygen atoms in total. The molecule has 0 fully saturated rings. The number of nitrogens with zero attached hydrogens (tertiary/aromatic N) is 1. The molecule has 0 bridgehead atoms. The van der Waals surface area contributed by atoms with E-state index in [1.165, 1.54) is 13.3 Å². The number of aliphatic hydroxyl groups is 1. The molecule has 5 heteroatoms. The lowest BCUT2D eigenvalue weighted by Crippen LogP contribution is -2.08. The van der Waals surface area contributed by atoms with Crippen LogP contribution >= 0.6 is 0 Å². The first-order valence-corrected chi connectivity index (χ1v) is 4.37. The molecular weight excluding hydrogens is 196 g/mol. The minimum Gasteiger partial charge on any atom is -0.469 e. The highest BCUT2D eigenvalue weighted by Crippen LogP contribution is 2.02. The lowest BCUT2D eigenvalue weighted by molar-refractivity contribution is -0.139. The Kier molecular flexibility index (Phi) is 3.93. The molecule has 80 valence electrons. The van der Waals surface area contributed by atoms with E-state index in [9.17, 15) is 4.79 Å². The first-order chi connectivity index (χ1) is 7.17. The fourth-order valence-electron chi connectivity index (χ4n) is 1.03. The summed E-state index contributed by atoms with van der Waals surface area (Å²) < 4.78 is 4.50. The van der Waals surface area contributed by atoms with Gasteiger partial charge in [0.15, 0.2) is 0 Å². The molecule has 2 N–H and O–H groups in total. The average molecular weight is 208 g/mol. The summed E-state index contributed by atoms with van der Waals surface area (Å²) in [5.74, 6) is -0.332. The van der Waals surface area contributed by atoms with Gasteiger partial charge in [0, 0.05) is 6.20 Å². The zero-order chi connectivity index (χ0) is 11.3. The summed E-state index contributed by atoms with van der Waals surface area (Å²) in [6, 6.07) is 3.28. The van der Waals surface area contributed by atoms with E-state index >= 15 is 0 Å². The number of methoxy groups -OCH3 is 1. The number of carbonyl (C=O) groups is 1. The van der Waals surface area contributed by atoms with Crippen LogP contribution in [-0.4, -0.2) is 35.5 Å². The summed E-state index contributed by atoms with van der Waals surface area (Å²) in [4.78, 5) is 14.9. The summed E-state index contributed by atoms with van der Waals surface area (Å²) in [5, 5.41) is 16.0. The van der Waals surface area contributed by atoms with Gasteiger partial charge in [0.2, 0.25) is 0 Å². The van der Waals surface area contributed by atoms with Gasteiger partial charge in [-0.25, -0.2) is 0 Å². The molecule has 0 spiro atoms. The van der Waals surface area contributed by atoms with Gasteiger partial charge >= 0.3 is 5.97 Å². The molecule has 1 heterocycles. The van der Waals surface area contributed by atoms with E-state index in [1.807, 2.05) is 0 Å². The van der Waals surface area contributed by atoms with Crippen LogP contribution < -0.4 is 0 Å². The fraction of sp³-hybridized carbons (Fsp3) is 0.300. The minimum atomic E-state index is -0.344. The molecule has 1 aromatic heterocycles. The van der Waals surface area contributed by atoms with Crippen molar-refractivity contribution in [1.29, 1.82) is 5.41 Å². The Morgan fingerprint density at radius 3 is 2.80 bits per heavy atom. The van der Waals surface area contributed by atoms with Crippen molar-refractivity contribution < 1.29 is 14.6 Å². The smallest absolute Gasteiger partial charge is 0.310 e. The Hall–Kier alpha value is -1.75. The van der Waals surface area contributed by atoms with Crippen LogP contribution in [0.5, 0.6) is 0 Å². The van der Waals surface area contributed by atoms with Crippen LogP contribution in [0.25, 0.3) is 0 Å². The minimum absolute atomic E-state index is 0.0552. The van der Waals surface area contributed by atoms with Crippen molar-refractivity contribution in [2.24, 2.45) is 0 Å². The van der Waals surface area contributed by atoms with Gasteiger partial charge in [-0.15, -0.1) is 0 Å². The van der Waals surface area contributed by atoms with Crippen LogP contribution in [0.15, 0.2) is 18.3 Å². The topological polar surface area (TPSA) is 83.3 Å². The van der Waals surface area contributed by atoms with Crippen LogP contribution in [-0.2, 0) is 16.0 Å². The van der Waals surface area contributed by atoms with Crippen LogP contribution in [0, 0.1) is 5.41 Å². The van der Waals surface area contributed by atoms with Gasteiger partial charge in [0.05, 0.1) is 31.5 Å². The molecule has 0 saturated carbocycles. The summed E-state index contributed by atoms with van der Waals surface area (Å²) in [6.45, 7) is -0.344. The molecule has 0 aliphatic rings. The number of nitrogens with one attached hydrogen (secondary N) is 1. The normalized spacial score (nSPS) is 9.73. The molecule has 0 unspecified atom stereocenters. The van der Waals surface area contributed by atoms with Gasteiger partial charge in [0.25, 0.3) is 0 Å². The number of rotatable bonds is 4. The first kappa shape index (κ1) is 11.3. The van der Waals surface area contributed by atoms with E-state index in [-0.39, 0.29) is 24.7 Å². The van der Waals surface area contributed by atoms with Gasteiger partial charge in [-0.05, 0) is 11.6 Å². The van der Waals surface area contributed by atoms with Crippen molar-refractivity contribution in [3.05, 3.63) is 29.6 Å². The lowest BCUT2D eigenvalue weighted by Gasteiger charge is -2.02. The predicted octanol–water partition coefficient (Wildman–Crippen LogP) is 0.157. The zero-order valence-corrected chi connectivity index (χ0v) is 8.36. The zero-order valence-electron chi connectivity index (χ0n) is 8.36. The fourth-order valence-corrected chi connectivity index (χ4v) is 1.03. The molecular formula is C10H12N2O3. The van der Waals surface area contributed by atoms with E-state index in [2.05, 4.69) is 9.72 Å². The van der Waals surface area contributed by atoms with Crippen molar-refractivity contribution in [3.8, 4) is 0 Å². The van der Waals surface area contributed by atoms with E-state index in [0.717, 1.165) is 5.56 Å².